The molecule has 57 heavy (non-hydrogen) atoms. The van der Waals surface area contributed by atoms with Crippen LogP contribution in [0.1, 0.15) is 37.8 Å². The second-order valence-corrected chi connectivity index (χ2v) is 16.0. The largest absolute Gasteiger partial charge is 0.310 e. The third-order valence-corrected chi connectivity index (χ3v) is 12.4. The summed E-state index contributed by atoms with van der Waals surface area (Å²) in [7, 11) is 0. The van der Waals surface area contributed by atoms with E-state index in [2.05, 4.69) is 217 Å². The molecule has 272 valence electrons. The number of hydrogen-bond acceptors (Lipinski definition) is 1. The van der Waals surface area contributed by atoms with Gasteiger partial charge in [-0.3, -0.25) is 0 Å². The van der Waals surface area contributed by atoms with Crippen LogP contribution in [0.5, 0.6) is 0 Å². The molecule has 2 aliphatic rings. The van der Waals surface area contributed by atoms with Crippen LogP contribution in [-0.2, 0) is 5.41 Å². The molecule has 0 bridgehead atoms. The number of fused-ring (bicyclic) bond motifs is 7. The molecule has 2 aliphatic carbocycles. The topological polar surface area (TPSA) is 8.17 Å². The summed E-state index contributed by atoms with van der Waals surface area (Å²) in [5.74, 6) is 0. The van der Waals surface area contributed by atoms with Crippen LogP contribution in [-0.4, -0.2) is 4.57 Å². The van der Waals surface area contributed by atoms with E-state index < -0.39 is 0 Å². The number of hydrogen-bond donors (Lipinski definition) is 0. The normalized spacial score (nSPS) is 13.7. The molecule has 11 rings (SSSR count). The molecule has 0 radical (unpaired) electrons. The molecule has 0 unspecified atom stereocenters. The van der Waals surface area contributed by atoms with Gasteiger partial charge in [-0.05, 0) is 111 Å². The van der Waals surface area contributed by atoms with Crippen LogP contribution in [0.2, 0.25) is 0 Å². The number of rotatable bonds is 6. The Kier molecular flexibility index (Phi) is 7.69. The maximum Gasteiger partial charge on any atom is 0.0546 e. The summed E-state index contributed by atoms with van der Waals surface area (Å²) < 4.78 is 2.44. The first-order valence-corrected chi connectivity index (χ1v) is 20.2. The number of para-hydroxylation sites is 1. The van der Waals surface area contributed by atoms with Gasteiger partial charge in [0.25, 0.3) is 0 Å². The van der Waals surface area contributed by atoms with Crippen molar-refractivity contribution in [2.75, 3.05) is 4.90 Å². The van der Waals surface area contributed by atoms with Crippen LogP contribution in [0.15, 0.2) is 182 Å². The summed E-state index contributed by atoms with van der Waals surface area (Å²) in [4.78, 5) is 2.45. The number of benzene rings is 8. The molecule has 1 aromatic heterocycles. The molecule has 0 amide bonds. The van der Waals surface area contributed by atoms with E-state index in [4.69, 9.17) is 0 Å². The average molecular weight is 731 g/mol. The van der Waals surface area contributed by atoms with Gasteiger partial charge in [0.2, 0.25) is 0 Å². The average Bonchev–Trinajstić information content (AvgIpc) is 3.73. The fraction of sp³-hybridized carbons (Fsp3) is 0.0909. The van der Waals surface area contributed by atoms with E-state index >= 15 is 0 Å². The molecule has 0 saturated carbocycles. The van der Waals surface area contributed by atoms with Gasteiger partial charge in [0.15, 0.2) is 0 Å². The predicted octanol–water partition coefficient (Wildman–Crippen LogP) is 13.2. The highest BCUT2D eigenvalue weighted by Gasteiger charge is 2.37. The lowest BCUT2D eigenvalue weighted by atomic mass is 9.79. The van der Waals surface area contributed by atoms with E-state index in [9.17, 15) is 0 Å². The molecule has 0 atom stereocenters. The number of nitrogens with zero attached hydrogens (tertiary/aromatic N) is 2. The van der Waals surface area contributed by atoms with Gasteiger partial charge in [0.05, 0.1) is 11.2 Å². The van der Waals surface area contributed by atoms with Gasteiger partial charge in [-0.2, -0.15) is 0 Å². The Morgan fingerprint density at radius 2 is 1.14 bits per heavy atom. The van der Waals surface area contributed by atoms with E-state index in [1.165, 1.54) is 82.4 Å². The Hall–Kier alpha value is -6.90. The summed E-state index contributed by atoms with van der Waals surface area (Å²) in [5.41, 5.74) is 16.1. The quantitative estimate of drug-likeness (QED) is 0.165. The first-order valence-electron chi connectivity index (χ1n) is 20.2. The van der Waals surface area contributed by atoms with Crippen molar-refractivity contribution in [2.24, 2.45) is 0 Å². The second kappa shape index (κ2) is 13.1. The van der Waals surface area contributed by atoms with Crippen LogP contribution in [0, 0.1) is 0 Å². The Bertz CT molecular complexity index is 3130. The lowest BCUT2D eigenvalue weighted by Crippen LogP contribution is -2.30. The van der Waals surface area contributed by atoms with E-state index in [1.54, 1.807) is 0 Å². The Morgan fingerprint density at radius 3 is 1.96 bits per heavy atom. The van der Waals surface area contributed by atoms with Crippen LogP contribution in [0.25, 0.3) is 72.9 Å². The molecule has 0 N–H and O–H groups in total. The van der Waals surface area contributed by atoms with Crippen LogP contribution >= 0.6 is 0 Å². The minimum atomic E-state index is -0.0925. The van der Waals surface area contributed by atoms with Crippen LogP contribution in [0.3, 0.4) is 0 Å². The Balaban J connectivity index is 1.09. The standard InChI is InChI=1S/C55H42N2/c1-55(2)49-24-11-8-19-45(49)48-23-14-22-44(54(48)55)38-27-30-40(31-28-38)56(52-36-29-37-15-6-7-18-43(37)53(52)39-16-4-3-5-17-39)41-32-34-42(35-33-41)57-50-25-12-9-20-46(50)47-21-10-13-26-51(47)57/h3-9,11-12,14-36H,10,13H2,1-2H3. The summed E-state index contributed by atoms with van der Waals surface area (Å²) in [6.45, 7) is 4.74. The zero-order chi connectivity index (χ0) is 38.1. The SMILES string of the molecule is CC1(C)c2ccccc2-c2cccc(-c3ccc(N(c4ccc(-n5c6c(c7ccccc75)=CCCC=6)cc4)c4ccc5ccccc5c4-c4ccccc4)cc3)c21. The van der Waals surface area contributed by atoms with E-state index in [-0.39, 0.29) is 5.41 Å². The molecule has 9 aromatic rings. The molecular weight excluding hydrogens is 689 g/mol. The molecule has 0 spiro atoms. The lowest BCUT2D eigenvalue weighted by molar-refractivity contribution is 0.662. The van der Waals surface area contributed by atoms with Crippen molar-refractivity contribution < 1.29 is 0 Å². The van der Waals surface area contributed by atoms with E-state index in [1.807, 2.05) is 0 Å². The molecule has 0 saturated heterocycles. The van der Waals surface area contributed by atoms with Crippen molar-refractivity contribution in [3.05, 3.63) is 204 Å². The molecule has 0 fully saturated rings. The van der Waals surface area contributed by atoms with Gasteiger partial charge < -0.3 is 9.47 Å². The highest BCUT2D eigenvalue weighted by molar-refractivity contribution is 6.05. The minimum absolute atomic E-state index is 0.0925. The Morgan fingerprint density at radius 1 is 0.491 bits per heavy atom. The fourth-order valence-electron chi connectivity index (χ4n) is 9.84. The monoisotopic (exact) mass is 730 g/mol. The second-order valence-electron chi connectivity index (χ2n) is 16.0. The minimum Gasteiger partial charge on any atom is -0.310 e. The van der Waals surface area contributed by atoms with Crippen molar-refractivity contribution in [2.45, 2.75) is 32.1 Å². The third-order valence-electron chi connectivity index (χ3n) is 12.4. The maximum atomic E-state index is 2.45. The zero-order valence-corrected chi connectivity index (χ0v) is 32.3. The molecule has 2 nitrogen and oxygen atoms in total. The maximum absolute atomic E-state index is 2.45. The highest BCUT2D eigenvalue weighted by atomic mass is 15.1. The van der Waals surface area contributed by atoms with Gasteiger partial charge in [-0.1, -0.05) is 159 Å². The lowest BCUT2D eigenvalue weighted by Gasteiger charge is -2.29. The van der Waals surface area contributed by atoms with Gasteiger partial charge in [0, 0.05) is 44.0 Å². The first-order chi connectivity index (χ1) is 28.1. The molecule has 0 aliphatic heterocycles. The molecule has 1 heterocycles. The molecule has 2 heteroatoms. The number of aromatic nitrogens is 1. The third kappa shape index (κ3) is 5.25. The van der Waals surface area contributed by atoms with Crippen LogP contribution < -0.4 is 15.5 Å². The van der Waals surface area contributed by atoms with Crippen LogP contribution in [0.4, 0.5) is 17.1 Å². The van der Waals surface area contributed by atoms with Crippen molar-refractivity contribution >= 4 is 50.9 Å². The predicted molar refractivity (Wildman–Crippen MR) is 241 cm³/mol. The van der Waals surface area contributed by atoms with Gasteiger partial charge in [-0.15, -0.1) is 0 Å². The summed E-state index contributed by atoms with van der Waals surface area (Å²) >= 11 is 0. The van der Waals surface area contributed by atoms with Crippen molar-refractivity contribution in [1.82, 2.24) is 4.57 Å². The van der Waals surface area contributed by atoms with Crippen molar-refractivity contribution in [1.29, 1.82) is 0 Å². The first kappa shape index (κ1) is 33.4. The molecular formula is C55H42N2. The summed E-state index contributed by atoms with van der Waals surface area (Å²) in [5, 5.41) is 6.42. The van der Waals surface area contributed by atoms with Gasteiger partial charge >= 0.3 is 0 Å². The summed E-state index contributed by atoms with van der Waals surface area (Å²) in [6.07, 6.45) is 6.95. The van der Waals surface area contributed by atoms with E-state index in [0.29, 0.717) is 0 Å². The summed E-state index contributed by atoms with van der Waals surface area (Å²) in [6, 6.07) is 67.1. The highest BCUT2D eigenvalue weighted by Crippen LogP contribution is 2.52. The van der Waals surface area contributed by atoms with Gasteiger partial charge in [0.1, 0.15) is 0 Å². The van der Waals surface area contributed by atoms with E-state index in [0.717, 1.165) is 29.9 Å². The fourth-order valence-corrected chi connectivity index (χ4v) is 9.84. The number of anilines is 3. The zero-order valence-electron chi connectivity index (χ0n) is 32.3. The van der Waals surface area contributed by atoms with Crippen molar-refractivity contribution in [3.63, 3.8) is 0 Å². The van der Waals surface area contributed by atoms with Gasteiger partial charge in [-0.25, -0.2) is 0 Å². The smallest absolute Gasteiger partial charge is 0.0546 e. The molecule has 8 aromatic carbocycles. The Labute approximate surface area is 333 Å². The van der Waals surface area contributed by atoms with Crippen molar-refractivity contribution in [3.8, 4) is 39.1 Å².